The van der Waals surface area contributed by atoms with Crippen molar-refractivity contribution in [2.45, 2.75) is 32.5 Å². The molecule has 31 heavy (non-hydrogen) atoms. The normalized spacial score (nSPS) is 19.6. The summed E-state index contributed by atoms with van der Waals surface area (Å²) in [6.07, 6.45) is 3.03. The lowest BCUT2D eigenvalue weighted by Gasteiger charge is -2.39. The number of guanidine groups is 1. The summed E-state index contributed by atoms with van der Waals surface area (Å²) >= 11 is 0. The van der Waals surface area contributed by atoms with Gasteiger partial charge in [0.25, 0.3) is 0 Å². The number of imidazole rings is 1. The summed E-state index contributed by atoms with van der Waals surface area (Å²) < 4.78 is 45.4. The van der Waals surface area contributed by atoms with Crippen molar-refractivity contribution in [2.75, 3.05) is 32.8 Å². The molecule has 172 valence electrons. The molecule has 1 saturated heterocycles. The van der Waals surface area contributed by atoms with Crippen LogP contribution in [-0.2, 0) is 6.18 Å². The van der Waals surface area contributed by atoms with Gasteiger partial charge in [-0.25, -0.2) is 15.0 Å². The van der Waals surface area contributed by atoms with Gasteiger partial charge in [-0.05, 0) is 25.3 Å². The Kier molecular flexibility index (Phi) is 9.38. The number of aromatic nitrogens is 3. The number of nitrogens with one attached hydrogen (secondary N) is 1. The Balaban J connectivity index is 0.00000341. The summed E-state index contributed by atoms with van der Waals surface area (Å²) in [7, 11) is 0. The van der Waals surface area contributed by atoms with Gasteiger partial charge in [-0.2, -0.15) is 13.2 Å². The summed E-state index contributed by atoms with van der Waals surface area (Å²) in [5.74, 6) is 1.49. The van der Waals surface area contributed by atoms with E-state index < -0.39 is 11.7 Å². The van der Waals surface area contributed by atoms with Crippen molar-refractivity contribution in [1.29, 1.82) is 0 Å². The van der Waals surface area contributed by atoms with Gasteiger partial charge in [-0.1, -0.05) is 6.92 Å². The zero-order valence-corrected chi connectivity index (χ0v) is 19.9. The molecule has 1 aliphatic rings. The number of pyridine rings is 1. The van der Waals surface area contributed by atoms with E-state index in [-0.39, 0.29) is 36.5 Å². The molecule has 1 N–H and O–H groups in total. The topological polar surface area (TPSA) is 67.6 Å². The Hall–Kier alpha value is -2.05. The van der Waals surface area contributed by atoms with Crippen LogP contribution in [-0.4, -0.2) is 58.2 Å². The van der Waals surface area contributed by atoms with Crippen LogP contribution in [0, 0.1) is 5.92 Å². The lowest BCUT2D eigenvalue weighted by molar-refractivity contribution is -0.137. The van der Waals surface area contributed by atoms with Crippen LogP contribution in [0.15, 0.2) is 42.0 Å². The maximum atomic E-state index is 12.6. The number of nitrogens with zero attached hydrogens (tertiary/aromatic N) is 5. The van der Waals surface area contributed by atoms with Crippen molar-refractivity contribution < 1.29 is 17.9 Å². The van der Waals surface area contributed by atoms with Gasteiger partial charge in [0.15, 0.2) is 5.96 Å². The minimum Gasteiger partial charge on any atom is -0.476 e. The minimum absolute atomic E-state index is 0. The van der Waals surface area contributed by atoms with Gasteiger partial charge in [0.2, 0.25) is 5.88 Å². The number of aliphatic imine (C=N–C) groups is 1. The molecule has 1 fully saturated rings. The van der Waals surface area contributed by atoms with E-state index in [0.717, 1.165) is 44.3 Å². The molecule has 2 aromatic rings. The smallest absolute Gasteiger partial charge is 0.417 e. The number of hydrogen-bond donors (Lipinski definition) is 1. The molecule has 2 atom stereocenters. The second-order valence-electron chi connectivity index (χ2n) is 7.26. The van der Waals surface area contributed by atoms with Gasteiger partial charge in [0, 0.05) is 44.3 Å². The van der Waals surface area contributed by atoms with Crippen LogP contribution in [0.2, 0.25) is 0 Å². The highest BCUT2D eigenvalue weighted by Crippen LogP contribution is 2.29. The first-order valence-electron chi connectivity index (χ1n) is 10.0. The number of ether oxygens (including phenoxy) is 1. The fourth-order valence-electron chi connectivity index (χ4n) is 3.46. The summed E-state index contributed by atoms with van der Waals surface area (Å²) in [5, 5.41) is 3.31. The average molecular weight is 552 g/mol. The van der Waals surface area contributed by atoms with Crippen LogP contribution in [0.5, 0.6) is 5.88 Å². The number of likely N-dealkylation sites (tertiary alicyclic amines) is 1. The van der Waals surface area contributed by atoms with E-state index in [1.807, 2.05) is 19.4 Å². The van der Waals surface area contributed by atoms with Crippen molar-refractivity contribution in [3.05, 3.63) is 42.6 Å². The van der Waals surface area contributed by atoms with Crippen molar-refractivity contribution in [3.8, 4) is 5.88 Å². The molecule has 0 amide bonds. The Morgan fingerprint density at radius 3 is 2.77 bits per heavy atom. The molecule has 0 aromatic carbocycles. The summed E-state index contributed by atoms with van der Waals surface area (Å²) in [4.78, 5) is 14.7. The van der Waals surface area contributed by atoms with Gasteiger partial charge >= 0.3 is 6.18 Å². The van der Waals surface area contributed by atoms with Crippen LogP contribution in [0.4, 0.5) is 13.2 Å². The van der Waals surface area contributed by atoms with Crippen LogP contribution >= 0.6 is 24.0 Å². The molecule has 1 aliphatic heterocycles. The number of halogens is 4. The molecular formula is C20H28F3IN6O. The van der Waals surface area contributed by atoms with E-state index >= 15 is 0 Å². The van der Waals surface area contributed by atoms with Gasteiger partial charge < -0.3 is 19.5 Å². The quantitative estimate of drug-likeness (QED) is 0.256. The third kappa shape index (κ3) is 6.97. The second kappa shape index (κ2) is 11.5. The lowest BCUT2D eigenvalue weighted by atomic mass is 9.93. The zero-order valence-electron chi connectivity index (χ0n) is 17.5. The maximum Gasteiger partial charge on any atom is 0.417 e. The number of alkyl halides is 3. The fraction of sp³-hybridized carbons (Fsp3) is 0.550. The van der Waals surface area contributed by atoms with E-state index in [0.29, 0.717) is 18.5 Å². The Morgan fingerprint density at radius 2 is 2.16 bits per heavy atom. The third-order valence-electron chi connectivity index (χ3n) is 5.13. The highest BCUT2D eigenvalue weighted by molar-refractivity contribution is 14.0. The van der Waals surface area contributed by atoms with Crippen molar-refractivity contribution in [3.63, 3.8) is 0 Å². The molecule has 0 bridgehead atoms. The number of rotatable bonds is 6. The van der Waals surface area contributed by atoms with Crippen molar-refractivity contribution in [1.82, 2.24) is 24.8 Å². The van der Waals surface area contributed by atoms with Gasteiger partial charge in [0.1, 0.15) is 6.61 Å². The van der Waals surface area contributed by atoms with E-state index in [4.69, 9.17) is 4.74 Å². The first kappa shape index (κ1) is 25.2. The first-order chi connectivity index (χ1) is 14.4. The highest BCUT2D eigenvalue weighted by Gasteiger charge is 2.31. The molecule has 3 rings (SSSR count). The molecule has 7 nitrogen and oxygen atoms in total. The fourth-order valence-corrected chi connectivity index (χ4v) is 3.46. The number of hydrogen-bond acceptors (Lipinski definition) is 4. The van der Waals surface area contributed by atoms with Crippen LogP contribution < -0.4 is 10.1 Å². The Labute approximate surface area is 197 Å². The summed E-state index contributed by atoms with van der Waals surface area (Å²) in [5.41, 5.74) is -0.797. The van der Waals surface area contributed by atoms with Gasteiger partial charge in [0.05, 0.1) is 24.5 Å². The second-order valence-corrected chi connectivity index (χ2v) is 7.26. The Bertz CT molecular complexity index is 813. The van der Waals surface area contributed by atoms with Crippen molar-refractivity contribution >= 4 is 29.9 Å². The zero-order chi connectivity index (χ0) is 21.6. The van der Waals surface area contributed by atoms with Gasteiger partial charge in [-0.3, -0.25) is 0 Å². The highest BCUT2D eigenvalue weighted by atomic mass is 127. The van der Waals surface area contributed by atoms with Crippen LogP contribution in [0.25, 0.3) is 0 Å². The summed E-state index contributed by atoms with van der Waals surface area (Å²) in [6, 6.07) is 2.50. The molecular weight excluding hydrogens is 524 g/mol. The number of piperidine rings is 1. The van der Waals surface area contributed by atoms with E-state index in [9.17, 15) is 13.2 Å². The standard InChI is InChI=1S/C20H27F3N6O.HI/c1-3-25-19(28-9-6-15(2)17(13-28)29-10-7-24-14-29)26-8-11-30-18-5-4-16(12-27-18)20(21,22)23;/h4-5,7,10,12,14-15,17H,3,6,8-9,11,13H2,1-2H3,(H,25,26);1H. The first-order valence-corrected chi connectivity index (χ1v) is 10.0. The predicted molar refractivity (Wildman–Crippen MR) is 123 cm³/mol. The molecule has 0 saturated carbocycles. The molecule has 3 heterocycles. The molecule has 2 unspecified atom stereocenters. The molecule has 0 radical (unpaired) electrons. The molecule has 2 aromatic heterocycles. The monoisotopic (exact) mass is 552 g/mol. The Morgan fingerprint density at radius 1 is 1.35 bits per heavy atom. The molecule has 0 spiro atoms. The predicted octanol–water partition coefficient (Wildman–Crippen LogP) is 3.84. The third-order valence-corrected chi connectivity index (χ3v) is 5.13. The average Bonchev–Trinajstić information content (AvgIpc) is 3.25. The molecule has 11 heteroatoms. The van der Waals surface area contributed by atoms with Crippen molar-refractivity contribution in [2.24, 2.45) is 10.9 Å². The van der Waals surface area contributed by atoms with E-state index in [2.05, 4.69) is 36.7 Å². The van der Waals surface area contributed by atoms with E-state index in [1.165, 1.54) is 6.07 Å². The van der Waals surface area contributed by atoms with Crippen LogP contribution in [0.1, 0.15) is 31.9 Å². The van der Waals surface area contributed by atoms with Gasteiger partial charge in [-0.15, -0.1) is 24.0 Å². The largest absolute Gasteiger partial charge is 0.476 e. The SMILES string of the molecule is CCNC(=NCCOc1ccc(C(F)(F)F)cn1)N1CCC(C)C(n2ccnc2)C1.I. The lowest BCUT2D eigenvalue weighted by Crippen LogP contribution is -2.49. The molecule has 0 aliphatic carbocycles. The minimum atomic E-state index is -4.41. The van der Waals surface area contributed by atoms with Crippen LogP contribution in [0.3, 0.4) is 0 Å². The summed E-state index contributed by atoms with van der Waals surface area (Å²) in [6.45, 7) is 7.32. The maximum absolute atomic E-state index is 12.6. The van der Waals surface area contributed by atoms with E-state index in [1.54, 1.807) is 6.20 Å².